The second kappa shape index (κ2) is 3.37. The van der Waals surface area contributed by atoms with Gasteiger partial charge >= 0.3 is 0 Å². The average molecular weight is 139 g/mol. The van der Waals surface area contributed by atoms with E-state index in [4.69, 9.17) is 0 Å². The molecular weight excluding hydrogens is 126 g/mol. The topological polar surface area (TPSA) is 29.9 Å². The van der Waals surface area contributed by atoms with E-state index >= 15 is 0 Å². The monoisotopic (exact) mass is 139 g/mol. The standard InChI is InChI=1S/C7H13N3/c1-8-4-3-7-5-9-6-10(7)2/h5-6,8H,3-4H2,1-2H3. The van der Waals surface area contributed by atoms with Gasteiger partial charge in [0.15, 0.2) is 0 Å². The van der Waals surface area contributed by atoms with Crippen LogP contribution in [0.15, 0.2) is 12.5 Å². The maximum atomic E-state index is 4.01. The Morgan fingerprint density at radius 2 is 2.50 bits per heavy atom. The molecule has 0 bridgehead atoms. The minimum Gasteiger partial charge on any atom is -0.338 e. The number of nitrogens with one attached hydrogen (secondary N) is 1. The molecule has 1 N–H and O–H groups in total. The zero-order chi connectivity index (χ0) is 7.40. The van der Waals surface area contributed by atoms with Gasteiger partial charge in [-0.15, -0.1) is 0 Å². The molecule has 0 aromatic carbocycles. The fourth-order valence-corrected chi connectivity index (χ4v) is 0.879. The van der Waals surface area contributed by atoms with E-state index in [1.165, 1.54) is 5.69 Å². The number of aromatic nitrogens is 2. The van der Waals surface area contributed by atoms with Gasteiger partial charge in [0.1, 0.15) is 0 Å². The molecule has 0 unspecified atom stereocenters. The molecule has 1 heterocycles. The molecule has 1 rings (SSSR count). The molecule has 3 heteroatoms. The molecule has 0 radical (unpaired) electrons. The lowest BCUT2D eigenvalue weighted by Gasteiger charge is -1.99. The van der Waals surface area contributed by atoms with Crippen LogP contribution < -0.4 is 5.32 Å². The van der Waals surface area contributed by atoms with Crippen molar-refractivity contribution in [2.75, 3.05) is 13.6 Å². The van der Waals surface area contributed by atoms with Crippen molar-refractivity contribution in [1.82, 2.24) is 14.9 Å². The highest BCUT2D eigenvalue weighted by molar-refractivity contribution is 4.97. The highest BCUT2D eigenvalue weighted by Crippen LogP contribution is 1.95. The van der Waals surface area contributed by atoms with E-state index < -0.39 is 0 Å². The normalized spacial score (nSPS) is 10.2. The Labute approximate surface area is 61.1 Å². The second-order valence-corrected chi connectivity index (χ2v) is 2.35. The molecule has 10 heavy (non-hydrogen) atoms. The largest absolute Gasteiger partial charge is 0.338 e. The van der Waals surface area contributed by atoms with E-state index in [-0.39, 0.29) is 0 Å². The van der Waals surface area contributed by atoms with Gasteiger partial charge in [-0.25, -0.2) is 4.98 Å². The SMILES string of the molecule is CNCCc1cncn1C. The lowest BCUT2D eigenvalue weighted by molar-refractivity contribution is 0.737. The number of nitrogens with zero attached hydrogens (tertiary/aromatic N) is 2. The van der Waals surface area contributed by atoms with Gasteiger partial charge in [-0.1, -0.05) is 0 Å². The molecule has 0 atom stereocenters. The van der Waals surface area contributed by atoms with Gasteiger partial charge in [-0.2, -0.15) is 0 Å². The predicted octanol–water partition coefficient (Wildman–Crippen LogP) is 0.182. The van der Waals surface area contributed by atoms with Crippen molar-refractivity contribution in [3.8, 4) is 0 Å². The Bertz CT molecular complexity index is 192. The van der Waals surface area contributed by atoms with E-state index in [9.17, 15) is 0 Å². The Hall–Kier alpha value is -0.830. The first-order valence-electron chi connectivity index (χ1n) is 3.44. The number of aryl methyl sites for hydroxylation is 1. The highest BCUT2D eigenvalue weighted by Gasteiger charge is 1.94. The van der Waals surface area contributed by atoms with Crippen LogP contribution in [0.25, 0.3) is 0 Å². The molecule has 0 aliphatic carbocycles. The van der Waals surface area contributed by atoms with Crippen LogP contribution in [0, 0.1) is 0 Å². The van der Waals surface area contributed by atoms with E-state index in [1.54, 1.807) is 0 Å². The van der Waals surface area contributed by atoms with Crippen LogP contribution in [0.3, 0.4) is 0 Å². The Morgan fingerprint density at radius 1 is 1.70 bits per heavy atom. The molecule has 0 fully saturated rings. The van der Waals surface area contributed by atoms with Crippen molar-refractivity contribution in [3.05, 3.63) is 18.2 Å². The molecule has 0 aliphatic heterocycles. The minimum atomic E-state index is 1.01. The van der Waals surface area contributed by atoms with E-state index in [1.807, 2.05) is 31.2 Å². The quantitative estimate of drug-likeness (QED) is 0.647. The summed E-state index contributed by atoms with van der Waals surface area (Å²) < 4.78 is 2.04. The molecule has 1 aromatic heterocycles. The summed E-state index contributed by atoms with van der Waals surface area (Å²) in [5, 5.41) is 3.09. The molecule has 0 amide bonds. The summed E-state index contributed by atoms with van der Waals surface area (Å²) in [5.74, 6) is 0. The van der Waals surface area contributed by atoms with E-state index in [0.29, 0.717) is 0 Å². The molecule has 1 aromatic rings. The van der Waals surface area contributed by atoms with Crippen molar-refractivity contribution in [2.24, 2.45) is 7.05 Å². The van der Waals surface area contributed by atoms with Gasteiger partial charge in [0.2, 0.25) is 0 Å². The fraction of sp³-hybridized carbons (Fsp3) is 0.571. The number of rotatable bonds is 3. The molecule has 0 saturated carbocycles. The van der Waals surface area contributed by atoms with Gasteiger partial charge in [0.25, 0.3) is 0 Å². The zero-order valence-corrected chi connectivity index (χ0v) is 6.46. The maximum absolute atomic E-state index is 4.01. The lowest BCUT2D eigenvalue weighted by Crippen LogP contribution is -2.11. The Morgan fingerprint density at radius 3 is 3.00 bits per heavy atom. The van der Waals surface area contributed by atoms with Gasteiger partial charge < -0.3 is 9.88 Å². The van der Waals surface area contributed by atoms with Crippen LogP contribution in [0.2, 0.25) is 0 Å². The number of hydrogen-bond acceptors (Lipinski definition) is 2. The van der Waals surface area contributed by atoms with Crippen LogP contribution in [0.4, 0.5) is 0 Å². The van der Waals surface area contributed by atoms with Gasteiger partial charge in [0, 0.05) is 31.9 Å². The summed E-state index contributed by atoms with van der Waals surface area (Å²) >= 11 is 0. The Kier molecular flexibility index (Phi) is 2.45. The second-order valence-electron chi connectivity index (χ2n) is 2.35. The van der Waals surface area contributed by atoms with Gasteiger partial charge in [-0.3, -0.25) is 0 Å². The zero-order valence-electron chi connectivity index (χ0n) is 6.46. The predicted molar refractivity (Wildman–Crippen MR) is 40.8 cm³/mol. The summed E-state index contributed by atoms with van der Waals surface area (Å²) in [6.07, 6.45) is 4.77. The summed E-state index contributed by atoms with van der Waals surface area (Å²) in [6.45, 7) is 1.01. The first-order chi connectivity index (χ1) is 4.84. The third kappa shape index (κ3) is 1.57. The number of imidazole rings is 1. The first-order valence-corrected chi connectivity index (χ1v) is 3.44. The third-order valence-electron chi connectivity index (χ3n) is 1.55. The summed E-state index contributed by atoms with van der Waals surface area (Å²) in [6, 6.07) is 0. The van der Waals surface area contributed by atoms with Crippen molar-refractivity contribution in [1.29, 1.82) is 0 Å². The minimum absolute atomic E-state index is 1.01. The third-order valence-corrected chi connectivity index (χ3v) is 1.55. The fourth-order valence-electron chi connectivity index (χ4n) is 0.879. The van der Waals surface area contributed by atoms with E-state index in [2.05, 4.69) is 10.3 Å². The van der Waals surface area contributed by atoms with Gasteiger partial charge in [-0.05, 0) is 7.05 Å². The van der Waals surface area contributed by atoms with Crippen molar-refractivity contribution < 1.29 is 0 Å². The number of likely N-dealkylation sites (N-methyl/N-ethyl adjacent to an activating group) is 1. The van der Waals surface area contributed by atoms with E-state index in [0.717, 1.165) is 13.0 Å². The molecule has 3 nitrogen and oxygen atoms in total. The van der Waals surface area contributed by atoms with Crippen LogP contribution in [-0.4, -0.2) is 23.1 Å². The van der Waals surface area contributed by atoms with Crippen molar-refractivity contribution in [3.63, 3.8) is 0 Å². The highest BCUT2D eigenvalue weighted by atomic mass is 15.0. The van der Waals surface area contributed by atoms with Crippen molar-refractivity contribution >= 4 is 0 Å². The summed E-state index contributed by atoms with van der Waals surface area (Å²) in [7, 11) is 3.97. The first kappa shape index (κ1) is 7.28. The molecule has 0 saturated heterocycles. The summed E-state index contributed by atoms with van der Waals surface area (Å²) in [5.41, 5.74) is 1.27. The lowest BCUT2D eigenvalue weighted by atomic mass is 10.3. The molecule has 0 aliphatic rings. The average Bonchev–Trinajstić information content (AvgIpc) is 2.31. The molecular formula is C7H13N3. The van der Waals surface area contributed by atoms with Crippen LogP contribution in [0.5, 0.6) is 0 Å². The smallest absolute Gasteiger partial charge is 0.0945 e. The van der Waals surface area contributed by atoms with Crippen LogP contribution >= 0.6 is 0 Å². The van der Waals surface area contributed by atoms with Crippen LogP contribution in [-0.2, 0) is 13.5 Å². The van der Waals surface area contributed by atoms with Crippen LogP contribution in [0.1, 0.15) is 5.69 Å². The Balaban J connectivity index is 2.49. The number of hydrogen-bond donors (Lipinski definition) is 1. The molecule has 0 spiro atoms. The summed E-state index contributed by atoms with van der Waals surface area (Å²) in [4.78, 5) is 4.01. The van der Waals surface area contributed by atoms with Crippen molar-refractivity contribution in [2.45, 2.75) is 6.42 Å². The maximum Gasteiger partial charge on any atom is 0.0945 e. The molecule has 56 valence electrons. The van der Waals surface area contributed by atoms with Gasteiger partial charge in [0.05, 0.1) is 6.33 Å².